The summed E-state index contributed by atoms with van der Waals surface area (Å²) in [6.07, 6.45) is 4.37. The number of nitrogens with zero attached hydrogens (tertiary/aromatic N) is 3. The number of aryl methyl sites for hydroxylation is 1. The minimum absolute atomic E-state index is 0.0656. The monoisotopic (exact) mass is 614 g/mol. The maximum Gasteiger partial charge on any atom is 0.268 e. The lowest BCUT2D eigenvalue weighted by Crippen LogP contribution is -2.30. The van der Waals surface area contributed by atoms with Gasteiger partial charge in [0.25, 0.3) is 11.5 Å². The number of nitrogens with one attached hydrogen (secondary N) is 1. The van der Waals surface area contributed by atoms with Gasteiger partial charge in [-0.2, -0.15) is 0 Å². The summed E-state index contributed by atoms with van der Waals surface area (Å²) in [5.74, 6) is -1.70. The van der Waals surface area contributed by atoms with Crippen LogP contribution in [0.1, 0.15) is 40.4 Å². The van der Waals surface area contributed by atoms with Crippen LogP contribution < -0.4 is 29.8 Å². The highest BCUT2D eigenvalue weighted by Gasteiger charge is 2.29. The number of benzene rings is 2. The highest BCUT2D eigenvalue weighted by atomic mass is 19.1. The number of methoxy groups -OCH3 is 3. The fourth-order valence-electron chi connectivity index (χ4n) is 5.08. The molecule has 45 heavy (non-hydrogen) atoms. The van der Waals surface area contributed by atoms with Crippen molar-refractivity contribution >= 4 is 22.5 Å². The van der Waals surface area contributed by atoms with E-state index in [0.717, 1.165) is 36.4 Å². The van der Waals surface area contributed by atoms with Crippen LogP contribution in [0.15, 0.2) is 65.7 Å². The molecule has 6 rings (SSSR count). The van der Waals surface area contributed by atoms with E-state index < -0.39 is 23.1 Å². The van der Waals surface area contributed by atoms with Gasteiger partial charge < -0.3 is 24.3 Å². The van der Waals surface area contributed by atoms with E-state index in [4.69, 9.17) is 18.9 Å². The smallest absolute Gasteiger partial charge is 0.268 e. The summed E-state index contributed by atoms with van der Waals surface area (Å²) in [4.78, 5) is 35.3. The molecule has 5 aromatic rings. The lowest BCUT2D eigenvalue weighted by molar-refractivity contribution is 0.102. The second-order valence-corrected chi connectivity index (χ2v) is 10.5. The molecule has 0 radical (unpaired) electrons. The van der Waals surface area contributed by atoms with Gasteiger partial charge >= 0.3 is 0 Å². The van der Waals surface area contributed by atoms with Gasteiger partial charge in [-0.25, -0.2) is 13.8 Å². The van der Waals surface area contributed by atoms with Crippen molar-refractivity contribution in [3.8, 4) is 34.6 Å². The number of carbonyl (C=O) groups is 1. The Kier molecular flexibility index (Phi) is 7.79. The summed E-state index contributed by atoms with van der Waals surface area (Å²) in [5, 5.41) is 2.81. The minimum Gasteiger partial charge on any atom is -0.493 e. The van der Waals surface area contributed by atoms with Crippen LogP contribution in [0.4, 0.5) is 14.5 Å². The fourth-order valence-corrected chi connectivity index (χ4v) is 5.08. The van der Waals surface area contributed by atoms with Crippen LogP contribution in [0.3, 0.4) is 0 Å². The number of amides is 1. The van der Waals surface area contributed by atoms with E-state index in [-0.39, 0.29) is 34.1 Å². The first-order valence-electron chi connectivity index (χ1n) is 14.0. The predicted octanol–water partition coefficient (Wildman–Crippen LogP) is 6.32. The zero-order valence-electron chi connectivity index (χ0n) is 24.8. The summed E-state index contributed by atoms with van der Waals surface area (Å²) in [6, 6.07) is 11.6. The molecule has 0 unspecified atom stereocenters. The van der Waals surface area contributed by atoms with Gasteiger partial charge in [-0.3, -0.25) is 19.1 Å². The lowest BCUT2D eigenvalue weighted by atomic mass is 10.1. The number of rotatable bonds is 9. The molecule has 1 saturated carbocycles. The fraction of sp³-hybridized carbons (Fsp3) is 0.212. The predicted molar refractivity (Wildman–Crippen MR) is 162 cm³/mol. The van der Waals surface area contributed by atoms with Gasteiger partial charge in [0.1, 0.15) is 5.56 Å². The lowest BCUT2D eigenvalue weighted by Gasteiger charge is -2.17. The van der Waals surface area contributed by atoms with Gasteiger partial charge in [0, 0.05) is 35.0 Å². The van der Waals surface area contributed by atoms with E-state index >= 15 is 4.39 Å². The second kappa shape index (κ2) is 11.9. The molecule has 0 spiro atoms. The average molecular weight is 615 g/mol. The highest BCUT2D eigenvalue weighted by Crippen LogP contribution is 2.41. The third-order valence-electron chi connectivity index (χ3n) is 7.54. The molecule has 0 atom stereocenters. The number of pyridine rings is 3. The molecular weight excluding hydrogens is 586 g/mol. The van der Waals surface area contributed by atoms with Crippen molar-refractivity contribution in [3.05, 3.63) is 99.7 Å². The van der Waals surface area contributed by atoms with E-state index in [1.54, 1.807) is 24.4 Å². The van der Waals surface area contributed by atoms with Gasteiger partial charge in [0.15, 0.2) is 34.6 Å². The number of aromatic nitrogens is 3. The SMILES string of the molecule is COc1cc(C)c(-n2c(C3CC3)ccc(C(=O)Nc3ccc(Oc4c(F)cnc5cc(OC)c(OC)cc45)c(F)c3)c2=O)cn1. The Morgan fingerprint density at radius 2 is 1.64 bits per heavy atom. The van der Waals surface area contributed by atoms with Gasteiger partial charge in [0.05, 0.1) is 44.9 Å². The van der Waals surface area contributed by atoms with Crippen LogP contribution in [0.25, 0.3) is 16.6 Å². The molecule has 230 valence electrons. The minimum atomic E-state index is -0.876. The van der Waals surface area contributed by atoms with Gasteiger partial charge in [-0.15, -0.1) is 0 Å². The van der Waals surface area contributed by atoms with Crippen LogP contribution in [-0.4, -0.2) is 41.8 Å². The van der Waals surface area contributed by atoms with E-state index in [1.165, 1.54) is 50.2 Å². The molecule has 1 amide bonds. The van der Waals surface area contributed by atoms with Crippen molar-refractivity contribution < 1.29 is 32.5 Å². The highest BCUT2D eigenvalue weighted by molar-refractivity contribution is 6.04. The van der Waals surface area contributed by atoms with Gasteiger partial charge in [-0.05, 0) is 61.6 Å². The average Bonchev–Trinajstić information content (AvgIpc) is 3.88. The number of anilines is 1. The molecule has 3 aromatic heterocycles. The maximum atomic E-state index is 15.3. The summed E-state index contributed by atoms with van der Waals surface area (Å²) in [7, 11) is 4.39. The third-order valence-corrected chi connectivity index (χ3v) is 7.54. The summed E-state index contributed by atoms with van der Waals surface area (Å²) in [6.45, 7) is 1.83. The number of carbonyl (C=O) groups excluding carboxylic acids is 1. The Morgan fingerprint density at radius 1 is 0.889 bits per heavy atom. The van der Waals surface area contributed by atoms with Crippen molar-refractivity contribution in [2.45, 2.75) is 25.7 Å². The molecule has 3 heterocycles. The topological polar surface area (TPSA) is 114 Å². The first-order chi connectivity index (χ1) is 21.7. The molecule has 1 N–H and O–H groups in total. The standard InChI is InChI=1S/C33H28F2N4O6/c1-17-11-30(44-4)37-16-26(17)39-25(18-5-6-18)9-8-20(33(39)41)32(40)38-19-7-10-27(22(34)12-19)45-31-21-13-28(42-2)29(43-3)14-24(21)36-15-23(31)35/h7-16,18H,5-6H2,1-4H3,(H,38,40). The Bertz CT molecular complexity index is 2030. The molecule has 0 bridgehead atoms. The largest absolute Gasteiger partial charge is 0.493 e. The normalized spacial score (nSPS) is 12.6. The summed E-state index contributed by atoms with van der Waals surface area (Å²) < 4.78 is 53.0. The quantitative estimate of drug-likeness (QED) is 0.205. The number of fused-ring (bicyclic) bond motifs is 1. The Hall–Kier alpha value is -5.52. The molecule has 2 aromatic carbocycles. The molecule has 12 heteroatoms. The number of ether oxygens (including phenoxy) is 4. The molecule has 10 nitrogen and oxygen atoms in total. The van der Waals surface area contributed by atoms with Crippen molar-refractivity contribution in [1.29, 1.82) is 0 Å². The van der Waals surface area contributed by atoms with E-state index in [9.17, 15) is 14.0 Å². The first kappa shape index (κ1) is 29.5. The van der Waals surface area contributed by atoms with Crippen LogP contribution in [0.5, 0.6) is 28.9 Å². The Labute approximate surface area is 256 Å². The van der Waals surface area contributed by atoms with Crippen molar-refractivity contribution in [2.75, 3.05) is 26.6 Å². The molecular formula is C33H28F2N4O6. The molecule has 0 aliphatic heterocycles. The van der Waals surface area contributed by atoms with Gasteiger partial charge in [0.2, 0.25) is 5.88 Å². The van der Waals surface area contributed by atoms with E-state index in [1.807, 2.05) is 6.92 Å². The number of halogens is 2. The Balaban J connectivity index is 1.29. The molecule has 1 fully saturated rings. The van der Waals surface area contributed by atoms with Crippen LogP contribution in [0, 0.1) is 18.6 Å². The van der Waals surface area contributed by atoms with Crippen molar-refractivity contribution in [1.82, 2.24) is 14.5 Å². The van der Waals surface area contributed by atoms with E-state index in [0.29, 0.717) is 28.6 Å². The zero-order chi connectivity index (χ0) is 31.8. The molecule has 0 saturated heterocycles. The zero-order valence-corrected chi connectivity index (χ0v) is 24.8. The van der Waals surface area contributed by atoms with Crippen LogP contribution >= 0.6 is 0 Å². The van der Waals surface area contributed by atoms with Crippen molar-refractivity contribution in [2.24, 2.45) is 0 Å². The number of hydrogen-bond donors (Lipinski definition) is 1. The van der Waals surface area contributed by atoms with Gasteiger partial charge in [-0.1, -0.05) is 0 Å². The van der Waals surface area contributed by atoms with Crippen LogP contribution in [0.2, 0.25) is 0 Å². The van der Waals surface area contributed by atoms with E-state index in [2.05, 4.69) is 15.3 Å². The first-order valence-corrected chi connectivity index (χ1v) is 14.0. The second-order valence-electron chi connectivity index (χ2n) is 10.5. The Morgan fingerprint density at radius 3 is 2.31 bits per heavy atom. The van der Waals surface area contributed by atoms with Crippen molar-refractivity contribution in [3.63, 3.8) is 0 Å². The maximum absolute atomic E-state index is 15.3. The summed E-state index contributed by atoms with van der Waals surface area (Å²) in [5.41, 5.74) is 1.81. The molecule has 1 aliphatic rings. The number of hydrogen-bond acceptors (Lipinski definition) is 8. The summed E-state index contributed by atoms with van der Waals surface area (Å²) >= 11 is 0. The third kappa shape index (κ3) is 5.62. The molecule has 1 aliphatic carbocycles. The van der Waals surface area contributed by atoms with Crippen LogP contribution in [-0.2, 0) is 0 Å².